The van der Waals surface area contributed by atoms with Gasteiger partial charge < -0.3 is 10.5 Å². The second kappa shape index (κ2) is 4.41. The average molecular weight is 241 g/mol. The maximum Gasteiger partial charge on any atom is 0.230 e. The molecule has 0 saturated carbocycles. The largest absolute Gasteiger partial charge is 0.380 e. The molecule has 1 atom stereocenters. The highest BCUT2D eigenvalue weighted by atomic mass is 19.1. The molecule has 0 spiro atoms. The van der Waals surface area contributed by atoms with Gasteiger partial charge in [0.05, 0.1) is 12.0 Å². The SMILES string of the molecule is NC(=O)C1(c2cc(F)cc(F)c2)CCCOC1. The lowest BCUT2D eigenvalue weighted by Crippen LogP contribution is -2.47. The highest BCUT2D eigenvalue weighted by molar-refractivity contribution is 5.87. The van der Waals surface area contributed by atoms with Crippen molar-refractivity contribution in [2.24, 2.45) is 5.73 Å². The summed E-state index contributed by atoms with van der Waals surface area (Å²) in [6, 6.07) is 3.05. The minimum atomic E-state index is -1.11. The zero-order valence-corrected chi connectivity index (χ0v) is 9.21. The summed E-state index contributed by atoms with van der Waals surface area (Å²) in [4.78, 5) is 11.6. The van der Waals surface area contributed by atoms with Crippen LogP contribution in [0.1, 0.15) is 18.4 Å². The zero-order valence-electron chi connectivity index (χ0n) is 9.21. The van der Waals surface area contributed by atoms with Crippen LogP contribution in [0.25, 0.3) is 0 Å². The molecule has 1 heterocycles. The lowest BCUT2D eigenvalue weighted by Gasteiger charge is -2.34. The Bertz CT molecular complexity index is 422. The van der Waals surface area contributed by atoms with Crippen molar-refractivity contribution in [3.05, 3.63) is 35.4 Å². The predicted molar refractivity (Wildman–Crippen MR) is 57.3 cm³/mol. The summed E-state index contributed by atoms with van der Waals surface area (Å²) in [5, 5.41) is 0. The Morgan fingerprint density at radius 1 is 1.29 bits per heavy atom. The topological polar surface area (TPSA) is 52.3 Å². The van der Waals surface area contributed by atoms with Crippen LogP contribution < -0.4 is 5.73 Å². The summed E-state index contributed by atoms with van der Waals surface area (Å²) < 4.78 is 31.6. The fourth-order valence-corrected chi connectivity index (χ4v) is 2.19. The number of benzene rings is 1. The number of ether oxygens (including phenoxy) is 1. The molecule has 3 nitrogen and oxygen atoms in total. The third-order valence-electron chi connectivity index (χ3n) is 3.13. The summed E-state index contributed by atoms with van der Waals surface area (Å²) >= 11 is 0. The number of hydrogen-bond donors (Lipinski definition) is 1. The average Bonchev–Trinajstić information content (AvgIpc) is 2.28. The Morgan fingerprint density at radius 3 is 2.41 bits per heavy atom. The van der Waals surface area contributed by atoms with Crippen LogP contribution in [0.3, 0.4) is 0 Å². The number of carbonyl (C=O) groups is 1. The van der Waals surface area contributed by atoms with Gasteiger partial charge in [-0.25, -0.2) is 8.78 Å². The van der Waals surface area contributed by atoms with E-state index in [9.17, 15) is 13.6 Å². The molecule has 0 bridgehead atoms. The molecule has 1 amide bonds. The molecule has 1 unspecified atom stereocenters. The van der Waals surface area contributed by atoms with Crippen molar-refractivity contribution in [1.82, 2.24) is 0 Å². The molecule has 0 aliphatic carbocycles. The standard InChI is InChI=1S/C12H13F2NO2/c13-9-4-8(5-10(14)6-9)12(11(15)16)2-1-3-17-7-12/h4-6H,1-3,7H2,(H2,15,16). The smallest absolute Gasteiger partial charge is 0.230 e. The summed E-state index contributed by atoms with van der Waals surface area (Å²) in [6.45, 7) is 0.609. The Morgan fingerprint density at radius 2 is 1.94 bits per heavy atom. The van der Waals surface area contributed by atoms with Gasteiger partial charge in [-0.05, 0) is 30.5 Å². The van der Waals surface area contributed by atoms with Gasteiger partial charge in [-0.3, -0.25) is 4.79 Å². The number of nitrogens with two attached hydrogens (primary N) is 1. The molecule has 0 radical (unpaired) electrons. The first-order chi connectivity index (χ1) is 8.04. The molecule has 5 heteroatoms. The fraction of sp³-hybridized carbons (Fsp3) is 0.417. The Kier molecular flexibility index (Phi) is 3.11. The van der Waals surface area contributed by atoms with Gasteiger partial charge in [0.2, 0.25) is 5.91 Å². The third-order valence-corrected chi connectivity index (χ3v) is 3.13. The second-order valence-corrected chi connectivity index (χ2v) is 4.26. The van der Waals surface area contributed by atoms with Crippen LogP contribution in [-0.4, -0.2) is 19.1 Å². The Labute approximate surface area is 97.6 Å². The van der Waals surface area contributed by atoms with Crippen molar-refractivity contribution >= 4 is 5.91 Å². The molecule has 0 aromatic heterocycles. The number of hydrogen-bond acceptors (Lipinski definition) is 2. The third kappa shape index (κ3) is 2.15. The van der Waals surface area contributed by atoms with E-state index in [1.165, 1.54) is 0 Å². The number of rotatable bonds is 2. The molecule has 1 aliphatic heterocycles. The molecule has 2 N–H and O–H groups in total. The van der Waals surface area contributed by atoms with Crippen LogP contribution in [0, 0.1) is 11.6 Å². The van der Waals surface area contributed by atoms with E-state index in [0.29, 0.717) is 19.4 Å². The monoisotopic (exact) mass is 241 g/mol. The Hall–Kier alpha value is -1.49. The number of primary amides is 1. The van der Waals surface area contributed by atoms with E-state index >= 15 is 0 Å². The highest BCUT2D eigenvalue weighted by Gasteiger charge is 2.41. The molecule has 1 aliphatic rings. The van der Waals surface area contributed by atoms with Crippen molar-refractivity contribution in [2.45, 2.75) is 18.3 Å². The van der Waals surface area contributed by atoms with Gasteiger partial charge in [-0.2, -0.15) is 0 Å². The van der Waals surface area contributed by atoms with Crippen LogP contribution in [0.2, 0.25) is 0 Å². The van der Waals surface area contributed by atoms with Crippen molar-refractivity contribution < 1.29 is 18.3 Å². The Balaban J connectivity index is 2.48. The second-order valence-electron chi connectivity index (χ2n) is 4.26. The highest BCUT2D eigenvalue weighted by Crippen LogP contribution is 2.33. The molecular weight excluding hydrogens is 228 g/mol. The quantitative estimate of drug-likeness (QED) is 0.853. The number of amides is 1. The van der Waals surface area contributed by atoms with Crippen molar-refractivity contribution in [1.29, 1.82) is 0 Å². The first kappa shape index (κ1) is 12.0. The number of halogens is 2. The molecular formula is C12H13F2NO2. The summed E-state index contributed by atoms with van der Waals surface area (Å²) in [5.41, 5.74) is 4.51. The predicted octanol–water partition coefficient (Wildman–Crippen LogP) is 1.50. The summed E-state index contributed by atoms with van der Waals surface area (Å²) in [5.74, 6) is -2.04. The fourth-order valence-electron chi connectivity index (χ4n) is 2.19. The lowest BCUT2D eigenvalue weighted by molar-refractivity contribution is -0.128. The van der Waals surface area contributed by atoms with E-state index in [-0.39, 0.29) is 12.2 Å². The molecule has 2 rings (SSSR count). The van der Waals surface area contributed by atoms with Gasteiger partial charge in [-0.1, -0.05) is 0 Å². The van der Waals surface area contributed by atoms with E-state index in [1.807, 2.05) is 0 Å². The van der Waals surface area contributed by atoms with E-state index < -0.39 is 23.0 Å². The first-order valence-corrected chi connectivity index (χ1v) is 5.39. The molecule has 1 saturated heterocycles. The molecule has 92 valence electrons. The van der Waals surface area contributed by atoms with Crippen molar-refractivity contribution in [3.8, 4) is 0 Å². The maximum atomic E-state index is 13.2. The minimum Gasteiger partial charge on any atom is -0.380 e. The van der Waals surface area contributed by atoms with Gasteiger partial charge in [0, 0.05) is 12.7 Å². The van der Waals surface area contributed by atoms with Crippen LogP contribution in [0.15, 0.2) is 18.2 Å². The summed E-state index contributed by atoms with van der Waals surface area (Å²) in [6.07, 6.45) is 1.09. The van der Waals surface area contributed by atoms with Gasteiger partial charge >= 0.3 is 0 Å². The zero-order chi connectivity index (χ0) is 12.5. The van der Waals surface area contributed by atoms with E-state index in [1.54, 1.807) is 0 Å². The van der Waals surface area contributed by atoms with Crippen LogP contribution >= 0.6 is 0 Å². The summed E-state index contributed by atoms with van der Waals surface area (Å²) in [7, 11) is 0. The lowest BCUT2D eigenvalue weighted by atomic mass is 9.75. The van der Waals surface area contributed by atoms with Crippen LogP contribution in [0.4, 0.5) is 8.78 Å². The van der Waals surface area contributed by atoms with Crippen molar-refractivity contribution in [2.75, 3.05) is 13.2 Å². The molecule has 17 heavy (non-hydrogen) atoms. The first-order valence-electron chi connectivity index (χ1n) is 5.39. The van der Waals surface area contributed by atoms with Gasteiger partial charge in [0.15, 0.2) is 0 Å². The van der Waals surface area contributed by atoms with Crippen LogP contribution in [-0.2, 0) is 14.9 Å². The number of carbonyl (C=O) groups excluding carboxylic acids is 1. The minimum absolute atomic E-state index is 0.0746. The van der Waals surface area contributed by atoms with E-state index in [2.05, 4.69) is 0 Å². The molecule has 1 aromatic rings. The molecule has 1 aromatic carbocycles. The van der Waals surface area contributed by atoms with Gasteiger partial charge in [-0.15, -0.1) is 0 Å². The van der Waals surface area contributed by atoms with Gasteiger partial charge in [0.1, 0.15) is 11.6 Å². The van der Waals surface area contributed by atoms with Crippen molar-refractivity contribution in [3.63, 3.8) is 0 Å². The normalized spacial score (nSPS) is 24.6. The molecule has 1 fully saturated rings. The maximum absolute atomic E-state index is 13.2. The van der Waals surface area contributed by atoms with Crippen LogP contribution in [0.5, 0.6) is 0 Å². The van der Waals surface area contributed by atoms with E-state index in [4.69, 9.17) is 10.5 Å². The van der Waals surface area contributed by atoms with E-state index in [0.717, 1.165) is 18.2 Å². The van der Waals surface area contributed by atoms with Gasteiger partial charge in [0.25, 0.3) is 0 Å².